The van der Waals surface area contributed by atoms with Gasteiger partial charge in [0.15, 0.2) is 0 Å². The van der Waals surface area contributed by atoms with E-state index in [9.17, 15) is 4.79 Å². The number of carboxylic acids is 1. The van der Waals surface area contributed by atoms with E-state index in [0.29, 0.717) is 5.02 Å². The van der Waals surface area contributed by atoms with Crippen molar-refractivity contribution in [2.75, 3.05) is 0 Å². The molecule has 0 aliphatic heterocycles. The minimum absolute atomic E-state index is 0.179. The van der Waals surface area contributed by atoms with E-state index in [-0.39, 0.29) is 5.56 Å². The van der Waals surface area contributed by atoms with E-state index in [0.717, 1.165) is 44.1 Å². The first-order valence-electron chi connectivity index (χ1n) is 9.26. The lowest BCUT2D eigenvalue weighted by atomic mass is 10.0. The second-order valence-corrected chi connectivity index (χ2v) is 7.53. The summed E-state index contributed by atoms with van der Waals surface area (Å²) in [4.78, 5) is 11.1. The first-order chi connectivity index (χ1) is 12.3. The summed E-state index contributed by atoms with van der Waals surface area (Å²) in [5.41, 5.74) is 5.40. The Kier molecular flexibility index (Phi) is 10.0. The van der Waals surface area contributed by atoms with Gasteiger partial charge in [-0.3, -0.25) is 0 Å². The van der Waals surface area contributed by atoms with E-state index in [1.807, 2.05) is 6.07 Å². The molecule has 26 heavy (non-hydrogen) atoms. The predicted octanol–water partition coefficient (Wildman–Crippen LogP) is 7.39. The lowest BCUT2D eigenvalue weighted by Gasteiger charge is -2.04. The van der Waals surface area contributed by atoms with Gasteiger partial charge in [-0.1, -0.05) is 52.6 Å². The van der Waals surface area contributed by atoms with Crippen LogP contribution in [0, 0.1) is 0 Å². The molecule has 0 unspecified atom stereocenters. The van der Waals surface area contributed by atoms with Gasteiger partial charge in [0.1, 0.15) is 0 Å². The largest absolute Gasteiger partial charge is 0.478 e. The molecular weight excluding hydrogens is 344 g/mol. The Balaban J connectivity index is 2.41. The van der Waals surface area contributed by atoms with Crippen LogP contribution in [0.3, 0.4) is 0 Å². The van der Waals surface area contributed by atoms with Crippen LogP contribution < -0.4 is 0 Å². The third-order valence-corrected chi connectivity index (χ3v) is 4.64. The van der Waals surface area contributed by atoms with Crippen molar-refractivity contribution in [2.24, 2.45) is 0 Å². The average molecular weight is 375 g/mol. The van der Waals surface area contributed by atoms with Crippen LogP contribution in [-0.4, -0.2) is 11.1 Å². The number of carbonyl (C=O) groups is 1. The molecule has 0 saturated carbocycles. The van der Waals surface area contributed by atoms with Gasteiger partial charge in [0.2, 0.25) is 0 Å². The first kappa shape index (κ1) is 22.2. The Morgan fingerprint density at radius 3 is 2.12 bits per heavy atom. The monoisotopic (exact) mass is 374 g/mol. The van der Waals surface area contributed by atoms with Crippen LogP contribution in [0.4, 0.5) is 0 Å². The van der Waals surface area contributed by atoms with Crippen LogP contribution >= 0.6 is 11.6 Å². The number of benzene rings is 1. The molecular formula is C23H31ClO2. The molecule has 2 nitrogen and oxygen atoms in total. The van der Waals surface area contributed by atoms with Crippen molar-refractivity contribution in [1.29, 1.82) is 0 Å². The molecule has 0 heterocycles. The minimum atomic E-state index is -0.977. The molecule has 0 aromatic heterocycles. The van der Waals surface area contributed by atoms with Crippen molar-refractivity contribution in [3.8, 4) is 0 Å². The van der Waals surface area contributed by atoms with Crippen molar-refractivity contribution < 1.29 is 9.90 Å². The molecule has 142 valence electrons. The summed E-state index contributed by atoms with van der Waals surface area (Å²) in [7, 11) is 0. The Hall–Kier alpha value is -1.80. The maximum Gasteiger partial charge on any atom is 0.337 e. The number of carboxylic acid groups (broad SMARTS) is 1. The summed E-state index contributed by atoms with van der Waals surface area (Å²) >= 11 is 5.90. The molecule has 3 heteroatoms. The third-order valence-electron chi connectivity index (χ3n) is 4.31. The van der Waals surface area contributed by atoms with Gasteiger partial charge in [-0.05, 0) is 83.9 Å². The molecule has 1 aromatic rings. The number of halogens is 1. The fourth-order valence-corrected chi connectivity index (χ4v) is 2.91. The summed E-state index contributed by atoms with van der Waals surface area (Å²) in [6.07, 6.45) is 13.0. The van der Waals surface area contributed by atoms with Crippen LogP contribution in [0.1, 0.15) is 75.7 Å². The highest BCUT2D eigenvalue weighted by atomic mass is 35.5. The Bertz CT molecular complexity index is 692. The van der Waals surface area contributed by atoms with Gasteiger partial charge < -0.3 is 5.11 Å². The van der Waals surface area contributed by atoms with Gasteiger partial charge in [0.25, 0.3) is 0 Å². The Labute approximate surface area is 163 Å². The molecule has 0 saturated heterocycles. The van der Waals surface area contributed by atoms with Crippen molar-refractivity contribution in [3.63, 3.8) is 0 Å². The zero-order valence-corrected chi connectivity index (χ0v) is 17.2. The minimum Gasteiger partial charge on any atom is -0.478 e. The van der Waals surface area contributed by atoms with Crippen LogP contribution in [0.5, 0.6) is 0 Å². The van der Waals surface area contributed by atoms with Gasteiger partial charge in [0.05, 0.1) is 10.6 Å². The molecule has 0 radical (unpaired) electrons. The average Bonchev–Trinajstić information content (AvgIpc) is 2.55. The SMILES string of the molecule is CC(C)=CCC/C(C)=C/CC/C(C)=C/CCc1ccc(Cl)c(C(=O)O)c1. The highest BCUT2D eigenvalue weighted by Gasteiger charge is 2.08. The van der Waals surface area contributed by atoms with Crippen molar-refractivity contribution in [1.82, 2.24) is 0 Å². The van der Waals surface area contributed by atoms with E-state index in [1.54, 1.807) is 12.1 Å². The number of hydrogen-bond acceptors (Lipinski definition) is 1. The predicted molar refractivity (Wildman–Crippen MR) is 112 cm³/mol. The first-order valence-corrected chi connectivity index (χ1v) is 9.63. The molecule has 0 amide bonds. The van der Waals surface area contributed by atoms with E-state index in [1.165, 1.54) is 16.7 Å². The lowest BCUT2D eigenvalue weighted by Crippen LogP contribution is -1.99. The molecule has 0 aliphatic rings. The zero-order valence-electron chi connectivity index (χ0n) is 16.4. The summed E-state index contributed by atoms with van der Waals surface area (Å²) in [5.74, 6) is -0.977. The molecule has 0 aliphatic carbocycles. The van der Waals surface area contributed by atoms with Crippen molar-refractivity contribution in [3.05, 3.63) is 69.3 Å². The molecule has 1 rings (SSSR count). The number of hydrogen-bond donors (Lipinski definition) is 1. The maximum absolute atomic E-state index is 11.1. The third kappa shape index (κ3) is 9.05. The molecule has 1 aromatic carbocycles. The van der Waals surface area contributed by atoms with Crippen molar-refractivity contribution in [2.45, 2.75) is 66.2 Å². The Morgan fingerprint density at radius 1 is 0.962 bits per heavy atom. The van der Waals surface area contributed by atoms with Gasteiger partial charge >= 0.3 is 5.97 Å². The topological polar surface area (TPSA) is 37.3 Å². The highest BCUT2D eigenvalue weighted by Crippen LogP contribution is 2.19. The second kappa shape index (κ2) is 11.7. The summed E-state index contributed by atoms with van der Waals surface area (Å²) in [6, 6.07) is 5.24. The number of aromatic carboxylic acids is 1. The molecule has 0 fully saturated rings. The van der Waals surface area contributed by atoms with E-state index >= 15 is 0 Å². The zero-order chi connectivity index (χ0) is 19.5. The number of aryl methyl sites for hydroxylation is 1. The summed E-state index contributed by atoms with van der Waals surface area (Å²) in [5, 5.41) is 9.41. The molecule has 0 atom stereocenters. The van der Waals surface area contributed by atoms with E-state index < -0.39 is 5.97 Å². The van der Waals surface area contributed by atoms with Crippen molar-refractivity contribution >= 4 is 17.6 Å². The standard InChI is InChI=1S/C23H31ClO2/c1-17(2)8-5-9-18(3)10-6-11-19(4)12-7-13-20-14-15-22(24)21(16-20)23(25)26/h8,10,12,14-16H,5-7,9,11,13H2,1-4H3,(H,25,26)/b18-10+,19-12+. The quantitative estimate of drug-likeness (QED) is 0.433. The van der Waals surface area contributed by atoms with Crippen LogP contribution in [0.25, 0.3) is 0 Å². The normalized spacial score (nSPS) is 12.2. The van der Waals surface area contributed by atoms with Crippen LogP contribution in [0.2, 0.25) is 5.02 Å². The number of rotatable bonds is 10. The highest BCUT2D eigenvalue weighted by molar-refractivity contribution is 6.33. The smallest absolute Gasteiger partial charge is 0.337 e. The van der Waals surface area contributed by atoms with Crippen LogP contribution in [-0.2, 0) is 6.42 Å². The molecule has 0 bridgehead atoms. The number of allylic oxidation sites excluding steroid dienone is 6. The van der Waals surface area contributed by atoms with Gasteiger partial charge in [-0.2, -0.15) is 0 Å². The Morgan fingerprint density at radius 2 is 1.54 bits per heavy atom. The van der Waals surface area contributed by atoms with E-state index in [4.69, 9.17) is 16.7 Å². The van der Waals surface area contributed by atoms with Gasteiger partial charge in [0, 0.05) is 0 Å². The van der Waals surface area contributed by atoms with Crippen LogP contribution in [0.15, 0.2) is 53.1 Å². The summed E-state index contributed by atoms with van der Waals surface area (Å²) < 4.78 is 0. The van der Waals surface area contributed by atoms with Gasteiger partial charge in [-0.25, -0.2) is 4.79 Å². The second-order valence-electron chi connectivity index (χ2n) is 7.12. The lowest BCUT2D eigenvalue weighted by molar-refractivity contribution is 0.0697. The fraction of sp³-hybridized carbons (Fsp3) is 0.435. The molecule has 1 N–H and O–H groups in total. The van der Waals surface area contributed by atoms with E-state index in [2.05, 4.69) is 45.9 Å². The maximum atomic E-state index is 11.1. The van der Waals surface area contributed by atoms with Gasteiger partial charge in [-0.15, -0.1) is 0 Å². The fourth-order valence-electron chi connectivity index (χ4n) is 2.72. The molecule has 0 spiro atoms. The summed E-state index contributed by atoms with van der Waals surface area (Å²) in [6.45, 7) is 8.65.